The van der Waals surface area contributed by atoms with Gasteiger partial charge in [-0.05, 0) is 24.1 Å². The van der Waals surface area contributed by atoms with E-state index in [1.54, 1.807) is 0 Å². The van der Waals surface area contributed by atoms with Crippen LogP contribution < -0.4 is 5.73 Å². The Morgan fingerprint density at radius 1 is 1.46 bits per heavy atom. The van der Waals surface area contributed by atoms with Crippen LogP contribution in [0.25, 0.3) is 5.57 Å². The molecule has 1 amide bonds. The zero-order chi connectivity index (χ0) is 9.84. The number of rotatable bonds is 2. The first-order valence-electron chi connectivity index (χ1n) is 3.84. The Labute approximate surface area is 85.6 Å². The highest BCUT2D eigenvalue weighted by Gasteiger charge is 2.00. The first-order valence-corrected chi connectivity index (χ1v) is 4.63. The van der Waals surface area contributed by atoms with Gasteiger partial charge in [-0.2, -0.15) is 0 Å². The van der Waals surface area contributed by atoms with Gasteiger partial charge in [0.25, 0.3) is 0 Å². The zero-order valence-electron chi connectivity index (χ0n) is 7.25. The molecule has 0 fully saturated rings. The average molecular weight is 240 g/mol. The molecule has 0 bridgehead atoms. The summed E-state index contributed by atoms with van der Waals surface area (Å²) in [6.45, 7) is 1.85. The Morgan fingerprint density at radius 2 is 2.08 bits per heavy atom. The van der Waals surface area contributed by atoms with Crippen LogP contribution in [0.4, 0.5) is 0 Å². The highest BCUT2D eigenvalue weighted by molar-refractivity contribution is 9.10. The smallest absolute Gasteiger partial charge is 0.241 e. The summed E-state index contributed by atoms with van der Waals surface area (Å²) in [5.41, 5.74) is 6.90. The maximum absolute atomic E-state index is 10.6. The molecular formula is C10H10BrNO. The van der Waals surface area contributed by atoms with Gasteiger partial charge < -0.3 is 5.73 Å². The molecule has 1 aromatic carbocycles. The largest absolute Gasteiger partial charge is 0.366 e. The van der Waals surface area contributed by atoms with Crippen molar-refractivity contribution in [1.29, 1.82) is 0 Å². The van der Waals surface area contributed by atoms with Gasteiger partial charge in [0.2, 0.25) is 5.91 Å². The topological polar surface area (TPSA) is 43.1 Å². The first kappa shape index (κ1) is 9.99. The molecule has 0 saturated carbocycles. The van der Waals surface area contributed by atoms with Gasteiger partial charge in [0.15, 0.2) is 0 Å². The molecule has 68 valence electrons. The summed E-state index contributed by atoms with van der Waals surface area (Å²) in [6.07, 6.45) is 1.42. The van der Waals surface area contributed by atoms with E-state index in [0.717, 1.165) is 15.6 Å². The molecule has 3 heteroatoms. The van der Waals surface area contributed by atoms with Gasteiger partial charge in [0.05, 0.1) is 0 Å². The van der Waals surface area contributed by atoms with Crippen LogP contribution in [0.15, 0.2) is 34.8 Å². The third-order valence-electron chi connectivity index (χ3n) is 1.66. The highest BCUT2D eigenvalue weighted by Crippen LogP contribution is 2.23. The second kappa shape index (κ2) is 4.23. The van der Waals surface area contributed by atoms with Crippen molar-refractivity contribution in [2.24, 2.45) is 5.73 Å². The number of halogens is 1. The fourth-order valence-corrected chi connectivity index (χ4v) is 1.67. The number of amides is 1. The van der Waals surface area contributed by atoms with Crippen LogP contribution in [0, 0.1) is 0 Å². The lowest BCUT2D eigenvalue weighted by molar-refractivity contribution is -0.113. The van der Waals surface area contributed by atoms with Crippen LogP contribution in [-0.2, 0) is 4.79 Å². The molecule has 2 N–H and O–H groups in total. The van der Waals surface area contributed by atoms with E-state index in [-0.39, 0.29) is 0 Å². The predicted octanol–water partition coefficient (Wildman–Crippen LogP) is 2.34. The number of nitrogens with two attached hydrogens (primary N) is 1. The molecule has 0 unspecified atom stereocenters. The van der Waals surface area contributed by atoms with Crippen molar-refractivity contribution in [3.05, 3.63) is 40.4 Å². The van der Waals surface area contributed by atoms with E-state index in [4.69, 9.17) is 5.73 Å². The van der Waals surface area contributed by atoms with E-state index in [1.807, 2.05) is 31.2 Å². The maximum atomic E-state index is 10.6. The Balaban J connectivity index is 3.08. The summed E-state index contributed by atoms with van der Waals surface area (Å²) in [4.78, 5) is 10.6. The number of carbonyl (C=O) groups excluding carboxylic acids is 1. The number of hydrogen-bond acceptors (Lipinski definition) is 1. The Hall–Kier alpha value is -1.09. The summed E-state index contributed by atoms with van der Waals surface area (Å²) < 4.78 is 0.963. The van der Waals surface area contributed by atoms with Crippen LogP contribution in [-0.4, -0.2) is 5.91 Å². The molecule has 1 rings (SSSR count). The second-order valence-corrected chi connectivity index (χ2v) is 3.56. The molecule has 0 aliphatic heterocycles. The highest BCUT2D eigenvalue weighted by atomic mass is 79.9. The normalized spacial score (nSPS) is 11.4. The molecule has 0 aliphatic rings. The van der Waals surface area contributed by atoms with Crippen LogP contribution in [0.2, 0.25) is 0 Å². The summed E-state index contributed by atoms with van der Waals surface area (Å²) in [5.74, 6) is -0.423. The van der Waals surface area contributed by atoms with Crippen molar-refractivity contribution in [2.75, 3.05) is 0 Å². The third-order valence-corrected chi connectivity index (χ3v) is 2.35. The second-order valence-electron chi connectivity index (χ2n) is 2.71. The third kappa shape index (κ3) is 2.70. The molecule has 13 heavy (non-hydrogen) atoms. The monoisotopic (exact) mass is 239 g/mol. The first-order chi connectivity index (χ1) is 6.11. The van der Waals surface area contributed by atoms with E-state index < -0.39 is 5.91 Å². The van der Waals surface area contributed by atoms with Crippen LogP contribution in [0.3, 0.4) is 0 Å². The number of primary amides is 1. The fraction of sp³-hybridized carbons (Fsp3) is 0.100. The van der Waals surface area contributed by atoms with Crippen LogP contribution in [0.1, 0.15) is 12.5 Å². The molecule has 0 spiro atoms. The van der Waals surface area contributed by atoms with E-state index >= 15 is 0 Å². The van der Waals surface area contributed by atoms with Gasteiger partial charge in [-0.3, -0.25) is 4.79 Å². The minimum atomic E-state index is -0.423. The minimum absolute atomic E-state index is 0.423. The number of hydrogen-bond donors (Lipinski definition) is 1. The molecule has 0 radical (unpaired) electrons. The fourth-order valence-electron chi connectivity index (χ4n) is 1.07. The molecule has 2 nitrogen and oxygen atoms in total. The Bertz CT molecular complexity index is 358. The van der Waals surface area contributed by atoms with Crippen LogP contribution in [0.5, 0.6) is 0 Å². The Kier molecular flexibility index (Phi) is 3.25. The van der Waals surface area contributed by atoms with Crippen molar-refractivity contribution in [2.45, 2.75) is 6.92 Å². The lowest BCUT2D eigenvalue weighted by Crippen LogP contribution is -2.06. The average Bonchev–Trinajstić information content (AvgIpc) is 2.03. The molecular weight excluding hydrogens is 230 g/mol. The van der Waals surface area contributed by atoms with Gasteiger partial charge in [0.1, 0.15) is 0 Å². The standard InChI is InChI=1S/C10H10BrNO/c1-7(6-10(12)13)8-4-2-3-5-9(8)11/h2-6H,1H3,(H2,12,13)/b7-6+. The van der Waals surface area contributed by atoms with Gasteiger partial charge in [-0.1, -0.05) is 34.1 Å². The number of allylic oxidation sites excluding steroid dienone is 1. The van der Waals surface area contributed by atoms with Crippen molar-refractivity contribution in [3.63, 3.8) is 0 Å². The van der Waals surface area contributed by atoms with Crippen molar-refractivity contribution < 1.29 is 4.79 Å². The minimum Gasteiger partial charge on any atom is -0.366 e. The molecule has 0 aromatic heterocycles. The van der Waals surface area contributed by atoms with Crippen LogP contribution >= 0.6 is 15.9 Å². The van der Waals surface area contributed by atoms with E-state index in [9.17, 15) is 4.79 Å². The van der Waals surface area contributed by atoms with Gasteiger partial charge >= 0.3 is 0 Å². The predicted molar refractivity (Wildman–Crippen MR) is 57.0 cm³/mol. The lowest BCUT2D eigenvalue weighted by atomic mass is 10.1. The SMILES string of the molecule is C/C(=C\C(N)=O)c1ccccc1Br. The quantitative estimate of drug-likeness (QED) is 0.792. The summed E-state index contributed by atoms with van der Waals surface area (Å²) in [7, 11) is 0. The zero-order valence-corrected chi connectivity index (χ0v) is 8.84. The molecule has 0 heterocycles. The van der Waals surface area contributed by atoms with Crippen molar-refractivity contribution in [3.8, 4) is 0 Å². The Morgan fingerprint density at radius 3 is 2.62 bits per heavy atom. The maximum Gasteiger partial charge on any atom is 0.241 e. The van der Waals surface area contributed by atoms with E-state index in [1.165, 1.54) is 6.08 Å². The summed E-state index contributed by atoms with van der Waals surface area (Å²) in [6, 6.07) is 7.69. The molecule has 1 aromatic rings. The van der Waals surface area contributed by atoms with Crippen molar-refractivity contribution >= 4 is 27.4 Å². The summed E-state index contributed by atoms with van der Waals surface area (Å²) in [5, 5.41) is 0. The number of carbonyl (C=O) groups is 1. The van der Waals surface area contributed by atoms with Gasteiger partial charge in [0, 0.05) is 10.5 Å². The molecule has 0 atom stereocenters. The molecule has 0 saturated heterocycles. The van der Waals surface area contributed by atoms with E-state index in [0.29, 0.717) is 0 Å². The van der Waals surface area contributed by atoms with Crippen molar-refractivity contribution in [1.82, 2.24) is 0 Å². The molecule has 0 aliphatic carbocycles. The lowest BCUT2D eigenvalue weighted by Gasteiger charge is -2.02. The number of benzene rings is 1. The van der Waals surface area contributed by atoms with E-state index in [2.05, 4.69) is 15.9 Å². The van der Waals surface area contributed by atoms with Gasteiger partial charge in [-0.25, -0.2) is 0 Å². The summed E-state index contributed by atoms with van der Waals surface area (Å²) >= 11 is 3.39. The van der Waals surface area contributed by atoms with Gasteiger partial charge in [-0.15, -0.1) is 0 Å².